The molecule has 25 heavy (non-hydrogen) atoms. The number of nitrogens with zero attached hydrogens (tertiary/aromatic N) is 2. The third-order valence-corrected chi connectivity index (χ3v) is 6.93. The lowest BCUT2D eigenvalue weighted by atomic mass is 10.1. The standard InChI is InChI=1S/C18H15Br2ClN2OS/c1-3-25-15-5-4-12(21)6-11(15)8-23-9-22-17-13(18(23)24)7-14(19)10(2)16(17)20/h4-7,9H,3,8H2,1-2H3. The zero-order valence-electron chi connectivity index (χ0n) is 13.6. The fourth-order valence-corrected chi connectivity index (χ4v) is 4.79. The minimum absolute atomic E-state index is 0.0705. The maximum absolute atomic E-state index is 12.9. The maximum atomic E-state index is 12.9. The van der Waals surface area contributed by atoms with Crippen molar-refractivity contribution in [3.05, 3.63) is 66.0 Å². The third-order valence-electron chi connectivity index (χ3n) is 3.90. The van der Waals surface area contributed by atoms with Crippen LogP contribution in [0.5, 0.6) is 0 Å². The molecule has 0 saturated carbocycles. The van der Waals surface area contributed by atoms with Crippen molar-refractivity contribution in [1.82, 2.24) is 9.55 Å². The Bertz CT molecular complexity index is 1020. The zero-order valence-corrected chi connectivity index (χ0v) is 18.4. The van der Waals surface area contributed by atoms with Gasteiger partial charge in [0.15, 0.2) is 0 Å². The smallest absolute Gasteiger partial charge is 0.261 e. The molecule has 3 nitrogen and oxygen atoms in total. The van der Waals surface area contributed by atoms with Crippen LogP contribution in [0.3, 0.4) is 0 Å². The van der Waals surface area contributed by atoms with E-state index in [9.17, 15) is 4.79 Å². The molecule has 0 bridgehead atoms. The predicted molar refractivity (Wildman–Crippen MR) is 113 cm³/mol. The van der Waals surface area contributed by atoms with Crippen molar-refractivity contribution in [2.75, 3.05) is 5.75 Å². The van der Waals surface area contributed by atoms with Crippen LogP contribution in [0, 0.1) is 6.92 Å². The van der Waals surface area contributed by atoms with E-state index in [1.807, 2.05) is 31.2 Å². The van der Waals surface area contributed by atoms with Gasteiger partial charge in [-0.05, 0) is 64.0 Å². The van der Waals surface area contributed by atoms with Gasteiger partial charge in [-0.3, -0.25) is 9.36 Å². The van der Waals surface area contributed by atoms with Crippen LogP contribution in [-0.2, 0) is 6.54 Å². The van der Waals surface area contributed by atoms with Crippen LogP contribution in [-0.4, -0.2) is 15.3 Å². The molecule has 1 aromatic heterocycles. The number of hydrogen-bond acceptors (Lipinski definition) is 3. The number of halogens is 3. The Balaban J connectivity index is 2.12. The lowest BCUT2D eigenvalue weighted by molar-refractivity contribution is 0.738. The summed E-state index contributed by atoms with van der Waals surface area (Å²) in [6, 6.07) is 7.63. The average Bonchev–Trinajstić information content (AvgIpc) is 2.58. The van der Waals surface area contributed by atoms with Gasteiger partial charge in [-0.15, -0.1) is 11.8 Å². The molecular weight excluding hydrogens is 488 g/mol. The molecular formula is C18H15Br2ClN2OS. The van der Waals surface area contributed by atoms with Crippen LogP contribution in [0.4, 0.5) is 0 Å². The van der Waals surface area contributed by atoms with Crippen LogP contribution in [0.25, 0.3) is 10.9 Å². The molecule has 0 aliphatic rings. The summed E-state index contributed by atoms with van der Waals surface area (Å²) in [5.74, 6) is 0.957. The lowest BCUT2D eigenvalue weighted by Crippen LogP contribution is -2.21. The number of hydrogen-bond donors (Lipinski definition) is 0. The molecule has 0 aliphatic carbocycles. The molecule has 0 N–H and O–H groups in total. The summed E-state index contributed by atoms with van der Waals surface area (Å²) in [4.78, 5) is 18.6. The Morgan fingerprint density at radius 2 is 2.04 bits per heavy atom. The highest BCUT2D eigenvalue weighted by molar-refractivity contribution is 9.11. The van der Waals surface area contributed by atoms with Crippen molar-refractivity contribution in [1.29, 1.82) is 0 Å². The molecule has 0 saturated heterocycles. The minimum Gasteiger partial charge on any atom is -0.294 e. The van der Waals surface area contributed by atoms with E-state index >= 15 is 0 Å². The summed E-state index contributed by atoms with van der Waals surface area (Å²) in [6.07, 6.45) is 1.60. The largest absolute Gasteiger partial charge is 0.294 e. The molecule has 0 amide bonds. The van der Waals surface area contributed by atoms with Crippen LogP contribution in [0.2, 0.25) is 5.02 Å². The van der Waals surface area contributed by atoms with Gasteiger partial charge in [0.2, 0.25) is 0 Å². The van der Waals surface area contributed by atoms with Crippen LogP contribution in [0.15, 0.2) is 49.2 Å². The highest BCUT2D eigenvalue weighted by Crippen LogP contribution is 2.31. The van der Waals surface area contributed by atoms with Crippen LogP contribution >= 0.6 is 55.2 Å². The van der Waals surface area contributed by atoms with Gasteiger partial charge in [0, 0.05) is 18.9 Å². The molecule has 0 spiro atoms. The van der Waals surface area contributed by atoms with E-state index in [-0.39, 0.29) is 5.56 Å². The number of rotatable bonds is 4. The molecule has 0 unspecified atom stereocenters. The second-order valence-electron chi connectivity index (χ2n) is 5.56. The monoisotopic (exact) mass is 500 g/mol. The van der Waals surface area contributed by atoms with E-state index in [1.165, 1.54) is 0 Å². The number of benzene rings is 2. The van der Waals surface area contributed by atoms with Gasteiger partial charge in [-0.1, -0.05) is 34.5 Å². The number of thioether (sulfide) groups is 1. The lowest BCUT2D eigenvalue weighted by Gasteiger charge is -2.12. The van der Waals surface area contributed by atoms with E-state index in [0.717, 1.165) is 30.7 Å². The van der Waals surface area contributed by atoms with Gasteiger partial charge in [0.05, 0.1) is 23.8 Å². The van der Waals surface area contributed by atoms with Gasteiger partial charge in [0.25, 0.3) is 5.56 Å². The van der Waals surface area contributed by atoms with Crippen molar-refractivity contribution in [2.45, 2.75) is 25.3 Å². The molecule has 3 aromatic rings. The summed E-state index contributed by atoms with van der Waals surface area (Å²) < 4.78 is 3.35. The molecule has 0 radical (unpaired) electrons. The Morgan fingerprint density at radius 3 is 2.76 bits per heavy atom. The summed E-state index contributed by atoms with van der Waals surface area (Å²) in [7, 11) is 0. The molecule has 3 rings (SSSR count). The summed E-state index contributed by atoms with van der Waals surface area (Å²) in [5.41, 5.74) is 2.65. The number of aromatic nitrogens is 2. The second kappa shape index (κ2) is 7.82. The molecule has 7 heteroatoms. The van der Waals surface area contributed by atoms with E-state index < -0.39 is 0 Å². The maximum Gasteiger partial charge on any atom is 0.261 e. The molecule has 1 heterocycles. The van der Waals surface area contributed by atoms with E-state index in [0.29, 0.717) is 22.5 Å². The highest BCUT2D eigenvalue weighted by Gasteiger charge is 2.13. The fourth-order valence-electron chi connectivity index (χ4n) is 2.59. The molecule has 0 aliphatic heterocycles. The van der Waals surface area contributed by atoms with Crippen molar-refractivity contribution in [3.8, 4) is 0 Å². The van der Waals surface area contributed by atoms with Crippen molar-refractivity contribution in [3.63, 3.8) is 0 Å². The number of fused-ring (bicyclic) bond motifs is 1. The zero-order chi connectivity index (χ0) is 18.1. The third kappa shape index (κ3) is 3.82. The van der Waals surface area contributed by atoms with Gasteiger partial charge in [-0.2, -0.15) is 0 Å². The van der Waals surface area contributed by atoms with Crippen molar-refractivity contribution in [2.24, 2.45) is 0 Å². The van der Waals surface area contributed by atoms with Crippen molar-refractivity contribution >= 4 is 66.1 Å². The predicted octanol–water partition coefficient (Wildman–Crippen LogP) is 6.04. The Kier molecular flexibility index (Phi) is 5.93. The van der Waals surface area contributed by atoms with Gasteiger partial charge >= 0.3 is 0 Å². The molecule has 0 atom stereocenters. The highest BCUT2D eigenvalue weighted by atomic mass is 79.9. The second-order valence-corrected chi connectivity index (χ2v) is 8.95. The summed E-state index contributed by atoms with van der Waals surface area (Å²) >= 11 is 14.9. The first-order chi connectivity index (χ1) is 11.9. The normalized spacial score (nSPS) is 11.2. The summed E-state index contributed by atoms with van der Waals surface area (Å²) in [5, 5.41) is 1.25. The molecule has 0 fully saturated rings. The van der Waals surface area contributed by atoms with E-state index in [2.05, 4.69) is 43.8 Å². The average molecular weight is 503 g/mol. The Labute approximate surface area is 172 Å². The van der Waals surface area contributed by atoms with E-state index in [4.69, 9.17) is 11.6 Å². The minimum atomic E-state index is -0.0705. The first kappa shape index (κ1) is 19.0. The van der Waals surface area contributed by atoms with Gasteiger partial charge in [0.1, 0.15) is 0 Å². The fraction of sp³-hybridized carbons (Fsp3) is 0.222. The van der Waals surface area contributed by atoms with Crippen LogP contribution in [0.1, 0.15) is 18.1 Å². The molecule has 130 valence electrons. The Hall–Kier alpha value is -0.820. The topological polar surface area (TPSA) is 34.9 Å². The van der Waals surface area contributed by atoms with Gasteiger partial charge in [-0.25, -0.2) is 4.98 Å². The Morgan fingerprint density at radius 1 is 1.28 bits per heavy atom. The first-order valence-corrected chi connectivity index (χ1v) is 10.6. The first-order valence-electron chi connectivity index (χ1n) is 7.67. The van der Waals surface area contributed by atoms with Gasteiger partial charge < -0.3 is 0 Å². The van der Waals surface area contributed by atoms with Crippen LogP contribution < -0.4 is 5.56 Å². The summed E-state index contributed by atoms with van der Waals surface area (Å²) in [6.45, 7) is 4.51. The van der Waals surface area contributed by atoms with Crippen molar-refractivity contribution < 1.29 is 0 Å². The molecule has 2 aromatic carbocycles. The van der Waals surface area contributed by atoms with E-state index in [1.54, 1.807) is 22.7 Å². The quantitative estimate of drug-likeness (QED) is 0.408. The SMILES string of the molecule is CCSc1ccc(Cl)cc1Cn1cnc2c(Br)c(C)c(Br)cc2c1=O.